The van der Waals surface area contributed by atoms with Crippen LogP contribution in [-0.2, 0) is 26.1 Å². The Hall–Kier alpha value is -2.09. The highest BCUT2D eigenvalue weighted by atomic mass is 35.5. The third-order valence-corrected chi connectivity index (χ3v) is 6.56. The number of piperazine rings is 1. The van der Waals surface area contributed by atoms with Gasteiger partial charge in [-0.1, -0.05) is 29.3 Å². The van der Waals surface area contributed by atoms with Gasteiger partial charge in [0.2, 0.25) is 11.8 Å². The third kappa shape index (κ3) is 6.20. The van der Waals surface area contributed by atoms with Gasteiger partial charge in [0.1, 0.15) is 17.3 Å². The molecule has 0 radical (unpaired) electrons. The van der Waals surface area contributed by atoms with Crippen molar-refractivity contribution in [2.75, 3.05) is 31.9 Å². The number of benzene rings is 2. The van der Waals surface area contributed by atoms with Gasteiger partial charge in [0.25, 0.3) is 0 Å². The molecule has 2 aromatic rings. The normalized spacial score (nSPS) is 15.0. The minimum absolute atomic E-state index is 0.00352. The summed E-state index contributed by atoms with van der Waals surface area (Å²) in [5, 5.41) is 1.05. The van der Waals surface area contributed by atoms with E-state index < -0.39 is 10.8 Å². The molecule has 0 aliphatic carbocycles. The van der Waals surface area contributed by atoms with E-state index in [1.54, 1.807) is 52.3 Å². The second-order valence-electron chi connectivity index (χ2n) is 6.92. The van der Waals surface area contributed by atoms with Crippen LogP contribution in [0.5, 0.6) is 11.5 Å². The number of hydrogen-bond acceptors (Lipinski definition) is 4. The van der Waals surface area contributed by atoms with Crippen LogP contribution in [0, 0.1) is 0 Å². The lowest BCUT2D eigenvalue weighted by molar-refractivity contribution is -0.136. The van der Waals surface area contributed by atoms with Crippen LogP contribution in [0.4, 0.5) is 0 Å². The lowest BCUT2D eigenvalue weighted by Crippen LogP contribution is -2.51. The Morgan fingerprint density at radius 3 is 2.17 bits per heavy atom. The summed E-state index contributed by atoms with van der Waals surface area (Å²) in [5.41, 5.74) is 0.688. The number of amides is 2. The van der Waals surface area contributed by atoms with Crippen molar-refractivity contribution in [2.45, 2.75) is 12.7 Å². The lowest BCUT2D eigenvalue weighted by Gasteiger charge is -2.34. The molecule has 2 aromatic carbocycles. The van der Waals surface area contributed by atoms with Crippen LogP contribution in [-0.4, -0.2) is 57.8 Å². The quantitative estimate of drug-likeness (QED) is 0.647. The van der Waals surface area contributed by atoms with Crippen molar-refractivity contribution in [3.05, 3.63) is 58.1 Å². The summed E-state index contributed by atoms with van der Waals surface area (Å²) in [6.07, 6.45) is 0. The summed E-state index contributed by atoms with van der Waals surface area (Å²) in [4.78, 5) is 27.1. The molecule has 1 heterocycles. The molecule has 1 atom stereocenters. The van der Waals surface area contributed by atoms with Gasteiger partial charge in [-0.05, 0) is 42.0 Å². The Morgan fingerprint density at radius 2 is 1.57 bits per heavy atom. The number of rotatable bonds is 6. The molecule has 30 heavy (non-hydrogen) atoms. The molecule has 0 bridgehead atoms. The number of hydrogen-bond donors (Lipinski definition) is 0. The van der Waals surface area contributed by atoms with Crippen LogP contribution in [0.1, 0.15) is 12.5 Å². The fourth-order valence-electron chi connectivity index (χ4n) is 3.07. The lowest BCUT2D eigenvalue weighted by atomic mass is 10.2. The second-order valence-corrected chi connectivity index (χ2v) is 9.23. The van der Waals surface area contributed by atoms with Crippen molar-refractivity contribution in [1.82, 2.24) is 9.80 Å². The molecule has 6 nitrogen and oxygen atoms in total. The summed E-state index contributed by atoms with van der Waals surface area (Å²) in [6.45, 7) is 3.46. The molecule has 1 fully saturated rings. The fraction of sp³-hybridized carbons (Fsp3) is 0.333. The van der Waals surface area contributed by atoms with Gasteiger partial charge < -0.3 is 14.5 Å². The molecule has 0 aromatic heterocycles. The van der Waals surface area contributed by atoms with Gasteiger partial charge in [-0.2, -0.15) is 0 Å². The zero-order chi connectivity index (χ0) is 21.7. The van der Waals surface area contributed by atoms with Gasteiger partial charge in [0.15, 0.2) is 0 Å². The van der Waals surface area contributed by atoms with E-state index in [1.165, 1.54) is 6.92 Å². The van der Waals surface area contributed by atoms with E-state index in [-0.39, 0.29) is 23.3 Å². The topological polar surface area (TPSA) is 66.9 Å². The van der Waals surface area contributed by atoms with E-state index in [9.17, 15) is 13.8 Å². The maximum atomic E-state index is 12.5. The zero-order valence-electron chi connectivity index (χ0n) is 16.5. The minimum atomic E-state index is -1.39. The standard InChI is InChI=1S/C21H22Cl2N2O4S/c1-15(26)24-8-10-25(11-9-24)21(27)14-30(28)13-16-2-5-19(12-20(16)23)29-18-6-3-17(22)4-7-18/h2-7,12H,8-11,13-14H2,1H3. The van der Waals surface area contributed by atoms with Crippen molar-refractivity contribution in [3.8, 4) is 11.5 Å². The molecule has 1 unspecified atom stereocenters. The Kier molecular flexibility index (Phi) is 7.75. The van der Waals surface area contributed by atoms with E-state index in [4.69, 9.17) is 27.9 Å². The van der Waals surface area contributed by atoms with Crippen molar-refractivity contribution in [2.24, 2.45) is 0 Å². The van der Waals surface area contributed by atoms with Crippen LogP contribution in [0.25, 0.3) is 0 Å². The number of nitrogens with zero attached hydrogens (tertiary/aromatic N) is 2. The fourth-order valence-corrected chi connectivity index (χ4v) is 4.67. The highest BCUT2D eigenvalue weighted by molar-refractivity contribution is 7.84. The maximum Gasteiger partial charge on any atom is 0.235 e. The highest BCUT2D eigenvalue weighted by Gasteiger charge is 2.23. The molecule has 9 heteroatoms. The molecule has 1 aliphatic heterocycles. The molecule has 1 aliphatic rings. The summed E-state index contributed by atoms with van der Waals surface area (Å²) in [5.74, 6) is 1.12. The number of ether oxygens (including phenoxy) is 1. The first-order valence-corrected chi connectivity index (χ1v) is 11.7. The average Bonchev–Trinajstić information content (AvgIpc) is 2.71. The smallest absolute Gasteiger partial charge is 0.235 e. The molecule has 0 spiro atoms. The second kappa shape index (κ2) is 10.3. The molecular formula is C21H22Cl2N2O4S. The summed E-state index contributed by atoms with van der Waals surface area (Å²) >= 11 is 12.2. The Balaban J connectivity index is 1.53. The largest absolute Gasteiger partial charge is 0.457 e. The van der Waals surface area contributed by atoms with Gasteiger partial charge in [-0.25, -0.2) is 0 Å². The minimum Gasteiger partial charge on any atom is -0.457 e. The number of halogens is 2. The van der Waals surface area contributed by atoms with Crippen molar-refractivity contribution in [1.29, 1.82) is 0 Å². The summed E-state index contributed by atoms with van der Waals surface area (Å²) in [6, 6.07) is 12.1. The molecular weight excluding hydrogens is 447 g/mol. The van der Waals surface area contributed by atoms with Gasteiger partial charge in [0.05, 0.1) is 5.75 Å². The monoisotopic (exact) mass is 468 g/mol. The molecule has 3 rings (SSSR count). The van der Waals surface area contributed by atoms with Crippen LogP contribution in [0.3, 0.4) is 0 Å². The van der Waals surface area contributed by atoms with Crippen molar-refractivity contribution in [3.63, 3.8) is 0 Å². The first-order chi connectivity index (χ1) is 14.3. The molecule has 160 valence electrons. The van der Waals surface area contributed by atoms with E-state index in [2.05, 4.69) is 0 Å². The maximum absolute atomic E-state index is 12.5. The van der Waals surface area contributed by atoms with Crippen LogP contribution >= 0.6 is 23.2 Å². The Labute approximate surface area is 188 Å². The first-order valence-electron chi connectivity index (χ1n) is 9.42. The molecule has 0 saturated carbocycles. The molecule has 0 N–H and O–H groups in total. The Bertz CT molecular complexity index is 945. The molecule has 1 saturated heterocycles. The number of carbonyl (C=O) groups excluding carboxylic acids is 2. The van der Waals surface area contributed by atoms with Gasteiger partial charge in [0, 0.05) is 53.9 Å². The van der Waals surface area contributed by atoms with Gasteiger partial charge in [-0.3, -0.25) is 13.8 Å². The van der Waals surface area contributed by atoms with E-state index in [0.717, 1.165) is 0 Å². The molecule has 2 amide bonds. The van der Waals surface area contributed by atoms with Gasteiger partial charge in [-0.15, -0.1) is 0 Å². The van der Waals surface area contributed by atoms with E-state index >= 15 is 0 Å². The van der Waals surface area contributed by atoms with Crippen LogP contribution < -0.4 is 4.74 Å². The first kappa shape index (κ1) is 22.6. The van der Waals surface area contributed by atoms with Crippen molar-refractivity contribution < 1.29 is 18.5 Å². The average molecular weight is 469 g/mol. The predicted octanol–water partition coefficient (Wildman–Crippen LogP) is 3.73. The SMILES string of the molecule is CC(=O)N1CCN(C(=O)CS(=O)Cc2ccc(Oc3ccc(Cl)cc3)cc2Cl)CC1. The van der Waals surface area contributed by atoms with Crippen LogP contribution in [0.2, 0.25) is 10.0 Å². The predicted molar refractivity (Wildman–Crippen MR) is 119 cm³/mol. The van der Waals surface area contributed by atoms with Gasteiger partial charge >= 0.3 is 0 Å². The van der Waals surface area contributed by atoms with Crippen molar-refractivity contribution >= 4 is 45.8 Å². The number of carbonyl (C=O) groups is 2. The van der Waals surface area contributed by atoms with E-state index in [0.29, 0.717) is 53.3 Å². The summed E-state index contributed by atoms with van der Waals surface area (Å²) < 4.78 is 18.2. The Morgan fingerprint density at radius 1 is 0.967 bits per heavy atom. The van der Waals surface area contributed by atoms with Crippen LogP contribution in [0.15, 0.2) is 42.5 Å². The third-order valence-electron chi connectivity index (χ3n) is 4.75. The summed E-state index contributed by atoms with van der Waals surface area (Å²) in [7, 11) is -1.39. The zero-order valence-corrected chi connectivity index (χ0v) is 18.8. The highest BCUT2D eigenvalue weighted by Crippen LogP contribution is 2.28. The van der Waals surface area contributed by atoms with E-state index in [1.807, 2.05) is 0 Å².